The van der Waals surface area contributed by atoms with Gasteiger partial charge in [-0.2, -0.15) is 5.10 Å². The van der Waals surface area contributed by atoms with Crippen molar-refractivity contribution in [2.45, 2.75) is 0 Å². The van der Waals surface area contributed by atoms with Gasteiger partial charge in [0.05, 0.1) is 17.6 Å². The molecule has 6 aromatic rings. The molecule has 6 heterocycles. The number of rotatable bonds is 2. The van der Waals surface area contributed by atoms with Crippen LogP contribution in [-0.2, 0) is 0 Å². The summed E-state index contributed by atoms with van der Waals surface area (Å²) < 4.78 is 3.86. The molecular weight excluding hydrogens is 340 g/mol. The molecule has 8 nitrogen and oxygen atoms in total. The molecule has 0 aliphatic heterocycles. The van der Waals surface area contributed by atoms with Gasteiger partial charge in [0.2, 0.25) is 5.78 Å². The molecule has 6 rings (SSSR count). The van der Waals surface area contributed by atoms with E-state index in [4.69, 9.17) is 0 Å². The monoisotopic (exact) mass is 352 g/mol. The zero-order valence-electron chi connectivity index (χ0n) is 14.0. The van der Waals surface area contributed by atoms with Gasteiger partial charge in [-0.05, 0) is 30.3 Å². The van der Waals surface area contributed by atoms with E-state index in [0.29, 0.717) is 5.78 Å². The van der Waals surface area contributed by atoms with E-state index < -0.39 is 0 Å². The molecule has 0 aromatic carbocycles. The van der Waals surface area contributed by atoms with Gasteiger partial charge in [0, 0.05) is 30.2 Å². The van der Waals surface area contributed by atoms with Crippen LogP contribution in [0.2, 0.25) is 0 Å². The second-order valence-electron chi connectivity index (χ2n) is 6.24. The summed E-state index contributed by atoms with van der Waals surface area (Å²) in [5.74, 6) is 0.603. The summed E-state index contributed by atoms with van der Waals surface area (Å²) in [6, 6.07) is 11.7. The number of nitrogens with zero attached hydrogens (tertiary/aromatic N) is 7. The van der Waals surface area contributed by atoms with E-state index >= 15 is 0 Å². The van der Waals surface area contributed by atoms with Crippen molar-refractivity contribution in [1.82, 2.24) is 38.9 Å². The Kier molecular flexibility index (Phi) is 2.73. The van der Waals surface area contributed by atoms with E-state index in [0.717, 1.165) is 39.5 Å². The van der Waals surface area contributed by atoms with Crippen molar-refractivity contribution in [3.05, 3.63) is 67.4 Å². The molecular formula is C19H12N8. The van der Waals surface area contributed by atoms with E-state index in [1.807, 2.05) is 70.0 Å². The third-order valence-electron chi connectivity index (χ3n) is 4.52. The van der Waals surface area contributed by atoms with Gasteiger partial charge in [0.1, 0.15) is 17.0 Å². The normalized spacial score (nSPS) is 11.7. The first-order valence-corrected chi connectivity index (χ1v) is 8.44. The molecule has 0 amide bonds. The zero-order valence-corrected chi connectivity index (χ0v) is 14.0. The third-order valence-corrected chi connectivity index (χ3v) is 4.52. The lowest BCUT2D eigenvalue weighted by atomic mass is 10.2. The fourth-order valence-corrected chi connectivity index (χ4v) is 3.17. The average Bonchev–Trinajstić information content (AvgIpc) is 3.42. The van der Waals surface area contributed by atoms with Gasteiger partial charge in [-0.15, -0.1) is 0 Å². The summed E-state index contributed by atoms with van der Waals surface area (Å²) in [6.45, 7) is 0. The van der Waals surface area contributed by atoms with Crippen LogP contribution in [0.5, 0.6) is 0 Å². The van der Waals surface area contributed by atoms with Gasteiger partial charge in [-0.1, -0.05) is 6.07 Å². The van der Waals surface area contributed by atoms with E-state index in [-0.39, 0.29) is 0 Å². The lowest BCUT2D eigenvalue weighted by Crippen LogP contribution is -1.90. The summed E-state index contributed by atoms with van der Waals surface area (Å²) in [6.07, 6.45) is 9.53. The lowest BCUT2D eigenvalue weighted by molar-refractivity contribution is 1.10. The predicted octanol–water partition coefficient (Wildman–Crippen LogP) is 2.98. The second kappa shape index (κ2) is 5.21. The van der Waals surface area contributed by atoms with E-state index in [2.05, 4.69) is 30.1 Å². The number of hydrogen-bond donors (Lipinski definition) is 1. The Balaban J connectivity index is 1.46. The maximum absolute atomic E-state index is 4.67. The molecule has 0 fully saturated rings. The highest BCUT2D eigenvalue weighted by Gasteiger charge is 2.11. The molecule has 0 aliphatic carbocycles. The summed E-state index contributed by atoms with van der Waals surface area (Å²) >= 11 is 0. The number of H-pyrrole nitrogens is 1. The van der Waals surface area contributed by atoms with Crippen LogP contribution in [0.4, 0.5) is 0 Å². The summed E-state index contributed by atoms with van der Waals surface area (Å²) in [7, 11) is 0. The molecule has 0 radical (unpaired) electrons. The van der Waals surface area contributed by atoms with Crippen LogP contribution in [0.25, 0.3) is 45.2 Å². The largest absolute Gasteiger partial charge is 0.306 e. The van der Waals surface area contributed by atoms with Gasteiger partial charge in [0.25, 0.3) is 0 Å². The van der Waals surface area contributed by atoms with Crippen molar-refractivity contribution < 1.29 is 0 Å². The summed E-state index contributed by atoms with van der Waals surface area (Å²) in [5.41, 5.74) is 4.74. The highest BCUT2D eigenvalue weighted by molar-refractivity contribution is 5.77. The molecule has 0 saturated carbocycles. The smallest absolute Gasteiger partial charge is 0.234 e. The second-order valence-corrected chi connectivity index (χ2v) is 6.24. The first-order valence-electron chi connectivity index (χ1n) is 8.44. The Hall–Kier alpha value is -4.07. The van der Waals surface area contributed by atoms with Gasteiger partial charge in [0.15, 0.2) is 5.65 Å². The Bertz CT molecular complexity index is 1410. The van der Waals surface area contributed by atoms with E-state index in [1.54, 1.807) is 6.20 Å². The Morgan fingerprint density at radius 3 is 2.52 bits per heavy atom. The van der Waals surface area contributed by atoms with Crippen LogP contribution in [0.1, 0.15) is 0 Å². The first kappa shape index (κ1) is 14.1. The minimum Gasteiger partial charge on any atom is -0.306 e. The SMILES string of the molecule is c1ccn2cc(-c3ccn4cc(-c5ccc6cn[nH]c6n5)nc4n3)nc2c1. The van der Waals surface area contributed by atoms with Crippen molar-refractivity contribution in [2.75, 3.05) is 0 Å². The number of aromatic nitrogens is 8. The highest BCUT2D eigenvalue weighted by atomic mass is 15.1. The number of nitrogens with one attached hydrogen (secondary N) is 1. The Labute approximate surface area is 152 Å². The minimum atomic E-state index is 0.603. The van der Waals surface area contributed by atoms with Crippen molar-refractivity contribution >= 4 is 22.5 Å². The van der Waals surface area contributed by atoms with Gasteiger partial charge in [-0.25, -0.2) is 19.9 Å². The molecule has 0 unspecified atom stereocenters. The molecule has 27 heavy (non-hydrogen) atoms. The maximum Gasteiger partial charge on any atom is 0.234 e. The average molecular weight is 352 g/mol. The van der Waals surface area contributed by atoms with Crippen LogP contribution >= 0.6 is 0 Å². The maximum atomic E-state index is 4.67. The lowest BCUT2D eigenvalue weighted by Gasteiger charge is -1.96. The summed E-state index contributed by atoms with van der Waals surface area (Å²) in [5, 5.41) is 7.86. The number of aromatic amines is 1. The number of pyridine rings is 2. The third kappa shape index (κ3) is 2.20. The van der Waals surface area contributed by atoms with Crippen LogP contribution in [0, 0.1) is 0 Å². The Morgan fingerprint density at radius 1 is 0.704 bits per heavy atom. The van der Waals surface area contributed by atoms with Crippen LogP contribution in [-0.4, -0.2) is 38.9 Å². The zero-order chi connectivity index (χ0) is 17.8. The number of fused-ring (bicyclic) bond motifs is 3. The topological polar surface area (TPSA) is 89.1 Å². The fraction of sp³-hybridized carbons (Fsp3) is 0. The van der Waals surface area contributed by atoms with E-state index in [9.17, 15) is 0 Å². The standard InChI is InChI=1S/C19H12N8/c1-2-7-26-10-15(21-17(26)3-1)14-6-8-27-11-16(24-19(27)23-14)13-5-4-12-9-20-25-18(12)22-13/h1-11H,(H,20,22,25). The summed E-state index contributed by atoms with van der Waals surface area (Å²) in [4.78, 5) is 18.5. The predicted molar refractivity (Wildman–Crippen MR) is 100 cm³/mol. The minimum absolute atomic E-state index is 0.603. The van der Waals surface area contributed by atoms with Crippen molar-refractivity contribution in [3.63, 3.8) is 0 Å². The molecule has 0 aliphatic rings. The highest BCUT2D eigenvalue weighted by Crippen LogP contribution is 2.22. The molecule has 0 bridgehead atoms. The fourth-order valence-electron chi connectivity index (χ4n) is 3.17. The van der Waals surface area contributed by atoms with Gasteiger partial charge >= 0.3 is 0 Å². The van der Waals surface area contributed by atoms with Crippen LogP contribution < -0.4 is 0 Å². The van der Waals surface area contributed by atoms with Crippen molar-refractivity contribution in [1.29, 1.82) is 0 Å². The Morgan fingerprint density at radius 2 is 1.56 bits per heavy atom. The van der Waals surface area contributed by atoms with Gasteiger partial charge in [-0.3, -0.25) is 9.50 Å². The molecule has 6 aromatic heterocycles. The molecule has 0 atom stereocenters. The van der Waals surface area contributed by atoms with Crippen LogP contribution in [0.15, 0.2) is 67.4 Å². The molecule has 1 N–H and O–H groups in total. The number of hydrogen-bond acceptors (Lipinski definition) is 5. The molecule has 8 heteroatoms. The first-order chi connectivity index (χ1) is 13.3. The quantitative estimate of drug-likeness (QED) is 0.517. The molecule has 0 saturated heterocycles. The molecule has 128 valence electrons. The van der Waals surface area contributed by atoms with Crippen molar-refractivity contribution in [3.8, 4) is 22.8 Å². The molecule has 0 spiro atoms. The van der Waals surface area contributed by atoms with Gasteiger partial charge < -0.3 is 4.40 Å². The van der Waals surface area contributed by atoms with Crippen molar-refractivity contribution in [2.24, 2.45) is 0 Å². The van der Waals surface area contributed by atoms with E-state index in [1.165, 1.54) is 0 Å². The van der Waals surface area contributed by atoms with Crippen LogP contribution in [0.3, 0.4) is 0 Å². The number of imidazole rings is 2.